The molecule has 4 aliphatic carbocycles. The third-order valence-corrected chi connectivity index (χ3v) is 13.3. The molecule has 6 aliphatic rings. The highest BCUT2D eigenvalue weighted by Gasteiger charge is 2.70. The van der Waals surface area contributed by atoms with Crippen molar-refractivity contribution in [2.45, 2.75) is 139 Å². The SMILES string of the molecule is C[C@@]12CCC[C@](C)(C(=O)O[C@@H]3O[C@H](CO)[C@@H](O)[C@H](O)[C@H]3O)[C@H]1CC[C@@]13C[C@@H](CC[C@H]12)[C@](CO)(O[C@@H]1O[C@H](CO)[C@@H](O)[C@H](O)[C@H]1O)C3. The molecule has 1 spiro atoms. The van der Waals surface area contributed by atoms with E-state index >= 15 is 0 Å². The molecule has 0 aromatic rings. The van der Waals surface area contributed by atoms with Gasteiger partial charge in [0, 0.05) is 0 Å². The number of aliphatic hydroxyl groups is 9. The minimum Gasteiger partial charge on any atom is -0.432 e. The van der Waals surface area contributed by atoms with Gasteiger partial charge in [-0.15, -0.1) is 0 Å². The van der Waals surface area contributed by atoms with E-state index in [1.807, 2.05) is 6.92 Å². The van der Waals surface area contributed by atoms with Crippen LogP contribution in [0.3, 0.4) is 0 Å². The zero-order chi connectivity index (χ0) is 33.4. The Bertz CT molecular complexity index is 1120. The molecule has 6 fully saturated rings. The first kappa shape index (κ1) is 34.8. The van der Waals surface area contributed by atoms with Gasteiger partial charge in [-0.25, -0.2) is 0 Å². The van der Waals surface area contributed by atoms with E-state index in [4.69, 9.17) is 18.9 Å². The maximum absolute atomic E-state index is 14.0. The predicted molar refractivity (Wildman–Crippen MR) is 155 cm³/mol. The molecule has 6 rings (SSSR count). The van der Waals surface area contributed by atoms with Crippen LogP contribution in [0.15, 0.2) is 0 Å². The Labute approximate surface area is 268 Å². The van der Waals surface area contributed by atoms with Gasteiger partial charge in [-0.2, -0.15) is 0 Å². The second kappa shape index (κ2) is 12.4. The van der Waals surface area contributed by atoms with Crippen molar-refractivity contribution in [3.8, 4) is 0 Å². The van der Waals surface area contributed by atoms with Gasteiger partial charge in [0.2, 0.25) is 6.29 Å². The fourth-order valence-electron chi connectivity index (χ4n) is 11.0. The van der Waals surface area contributed by atoms with E-state index in [-0.39, 0.29) is 35.2 Å². The molecule has 17 atom stereocenters. The summed E-state index contributed by atoms with van der Waals surface area (Å²) in [5.74, 6) is -0.498. The van der Waals surface area contributed by atoms with Crippen LogP contribution >= 0.6 is 0 Å². The van der Waals surface area contributed by atoms with Crippen LogP contribution < -0.4 is 0 Å². The fourth-order valence-corrected chi connectivity index (χ4v) is 11.0. The van der Waals surface area contributed by atoms with Crippen LogP contribution in [-0.4, -0.2) is 139 Å². The topological polar surface area (TPSA) is 236 Å². The molecule has 0 radical (unpaired) electrons. The summed E-state index contributed by atoms with van der Waals surface area (Å²) in [7, 11) is 0. The van der Waals surface area contributed by atoms with Gasteiger partial charge < -0.3 is 64.9 Å². The third-order valence-electron chi connectivity index (χ3n) is 13.3. The average molecular weight is 661 g/mol. The van der Waals surface area contributed by atoms with Gasteiger partial charge in [0.25, 0.3) is 0 Å². The maximum Gasteiger partial charge on any atom is 0.314 e. The molecule has 0 unspecified atom stereocenters. The van der Waals surface area contributed by atoms with Crippen LogP contribution in [0.4, 0.5) is 0 Å². The number of carbonyl (C=O) groups is 1. The molecule has 9 N–H and O–H groups in total. The Morgan fingerprint density at radius 1 is 0.739 bits per heavy atom. The standard InChI is InChI=1S/C32H52O14/c1-29-7-3-8-30(2,28(42)45-26-24(40)22(38)20(36)16(11-33)43-26)18(29)6-9-31-10-15(4-5-19(29)31)32(13-31,14-35)46-27-25(41)23(39)21(37)17(12-34)44-27/h15-27,33-41H,3-14H2,1-2H3/t15-,16-,17-,18+,19+,20-,21-,22+,23+,24-,25-,26+,27+,29-,30+,31+,32+/m1/s1. The number of carbonyl (C=O) groups excluding carboxylic acids is 1. The predicted octanol–water partition coefficient (Wildman–Crippen LogP) is -1.71. The Balaban J connectivity index is 1.22. The minimum atomic E-state index is -1.68. The van der Waals surface area contributed by atoms with Crippen LogP contribution in [0, 0.1) is 34.0 Å². The molecule has 2 heterocycles. The molecule has 4 saturated carbocycles. The van der Waals surface area contributed by atoms with E-state index in [0.29, 0.717) is 19.3 Å². The summed E-state index contributed by atoms with van der Waals surface area (Å²) in [5.41, 5.74) is -2.49. The molecular weight excluding hydrogens is 608 g/mol. The molecule has 0 aromatic heterocycles. The van der Waals surface area contributed by atoms with Crippen LogP contribution in [0.2, 0.25) is 0 Å². The van der Waals surface area contributed by atoms with Crippen molar-refractivity contribution >= 4 is 5.97 Å². The summed E-state index contributed by atoms with van der Waals surface area (Å²) >= 11 is 0. The van der Waals surface area contributed by atoms with Crippen LogP contribution in [0.25, 0.3) is 0 Å². The lowest BCUT2D eigenvalue weighted by atomic mass is 9.41. The van der Waals surface area contributed by atoms with Gasteiger partial charge in [-0.05, 0) is 86.9 Å². The second-order valence-corrected chi connectivity index (χ2v) is 15.6. The van der Waals surface area contributed by atoms with E-state index in [1.165, 1.54) is 0 Å². The van der Waals surface area contributed by atoms with Crippen LogP contribution in [0.1, 0.15) is 71.6 Å². The number of rotatable bonds is 7. The Kier molecular flexibility index (Phi) is 9.39. The van der Waals surface area contributed by atoms with Crippen molar-refractivity contribution in [2.75, 3.05) is 19.8 Å². The summed E-state index contributed by atoms with van der Waals surface area (Å²) in [4.78, 5) is 14.0. The smallest absolute Gasteiger partial charge is 0.314 e. The van der Waals surface area contributed by atoms with Crippen molar-refractivity contribution in [3.63, 3.8) is 0 Å². The molecule has 14 nitrogen and oxygen atoms in total. The first-order valence-electron chi connectivity index (χ1n) is 16.8. The van der Waals surface area contributed by atoms with Crippen molar-refractivity contribution in [1.82, 2.24) is 0 Å². The zero-order valence-electron chi connectivity index (χ0n) is 26.6. The molecule has 14 heteroatoms. The van der Waals surface area contributed by atoms with Crippen LogP contribution in [0.5, 0.6) is 0 Å². The van der Waals surface area contributed by atoms with Crippen molar-refractivity contribution in [1.29, 1.82) is 0 Å². The highest BCUT2D eigenvalue weighted by molar-refractivity contribution is 5.77. The lowest BCUT2D eigenvalue weighted by Gasteiger charge is -2.63. The van der Waals surface area contributed by atoms with Gasteiger partial charge in [-0.1, -0.05) is 13.3 Å². The van der Waals surface area contributed by atoms with Crippen molar-refractivity contribution < 1.29 is 69.7 Å². The lowest BCUT2D eigenvalue weighted by Crippen LogP contribution is -2.62. The van der Waals surface area contributed by atoms with Gasteiger partial charge in [0.15, 0.2) is 6.29 Å². The first-order valence-corrected chi connectivity index (χ1v) is 16.8. The third kappa shape index (κ3) is 5.18. The van der Waals surface area contributed by atoms with E-state index in [9.17, 15) is 50.8 Å². The molecule has 264 valence electrons. The van der Waals surface area contributed by atoms with Crippen LogP contribution in [-0.2, 0) is 23.7 Å². The monoisotopic (exact) mass is 660 g/mol. The molecular formula is C32H52O14. The maximum atomic E-state index is 14.0. The number of aliphatic hydroxyl groups excluding tert-OH is 9. The Morgan fingerprint density at radius 2 is 1.35 bits per heavy atom. The van der Waals surface area contributed by atoms with Crippen molar-refractivity contribution in [3.05, 3.63) is 0 Å². The fraction of sp³-hybridized carbons (Fsp3) is 0.969. The molecule has 2 saturated heterocycles. The van der Waals surface area contributed by atoms with Crippen molar-refractivity contribution in [2.24, 2.45) is 34.0 Å². The van der Waals surface area contributed by atoms with Gasteiger partial charge in [0.05, 0.1) is 30.8 Å². The molecule has 0 amide bonds. The van der Waals surface area contributed by atoms with E-state index in [0.717, 1.165) is 38.5 Å². The Morgan fingerprint density at radius 3 is 1.96 bits per heavy atom. The van der Waals surface area contributed by atoms with Gasteiger partial charge in [-0.3, -0.25) is 4.79 Å². The molecule has 2 bridgehead atoms. The summed E-state index contributed by atoms with van der Waals surface area (Å²) in [6.45, 7) is 2.59. The highest BCUT2D eigenvalue weighted by atomic mass is 16.7. The van der Waals surface area contributed by atoms with E-state index in [2.05, 4.69) is 6.92 Å². The highest BCUT2D eigenvalue weighted by Crippen LogP contribution is 2.73. The van der Waals surface area contributed by atoms with E-state index < -0.39 is 91.6 Å². The number of fused-ring (bicyclic) bond motifs is 3. The normalized spacial score (nSPS) is 55.3. The number of esters is 1. The molecule has 2 aliphatic heterocycles. The number of ether oxygens (including phenoxy) is 4. The summed E-state index contributed by atoms with van der Waals surface area (Å²) in [6.07, 6.45) is -8.26. The Hall–Kier alpha value is -1.01. The number of hydrogen-bond acceptors (Lipinski definition) is 14. The lowest BCUT2D eigenvalue weighted by molar-refractivity contribution is -0.335. The van der Waals surface area contributed by atoms with E-state index in [1.54, 1.807) is 0 Å². The zero-order valence-corrected chi connectivity index (χ0v) is 26.6. The minimum absolute atomic E-state index is 0.0487. The summed E-state index contributed by atoms with van der Waals surface area (Å²) in [6, 6.07) is 0. The van der Waals surface area contributed by atoms with Gasteiger partial charge in [0.1, 0.15) is 48.8 Å². The molecule has 46 heavy (non-hydrogen) atoms. The second-order valence-electron chi connectivity index (χ2n) is 15.6. The molecule has 0 aromatic carbocycles. The summed E-state index contributed by atoms with van der Waals surface area (Å²) < 4.78 is 23.3. The largest absolute Gasteiger partial charge is 0.432 e. The van der Waals surface area contributed by atoms with Gasteiger partial charge >= 0.3 is 5.97 Å². The summed E-state index contributed by atoms with van der Waals surface area (Å²) in [5, 5.41) is 92.4. The quantitative estimate of drug-likeness (QED) is 0.138. The number of hydrogen-bond donors (Lipinski definition) is 9. The average Bonchev–Trinajstić information content (AvgIpc) is 3.26. The first-order chi connectivity index (χ1) is 21.7.